The zero-order valence-corrected chi connectivity index (χ0v) is 16.6. The Morgan fingerprint density at radius 2 is 2.00 bits per heavy atom. The Labute approximate surface area is 173 Å². The molecule has 6 nitrogen and oxygen atoms in total. The van der Waals surface area contributed by atoms with Crippen molar-refractivity contribution in [1.29, 1.82) is 0 Å². The van der Waals surface area contributed by atoms with Crippen LogP contribution in [-0.2, 0) is 6.54 Å². The lowest BCUT2D eigenvalue weighted by atomic mass is 10.0. The molecule has 0 spiro atoms. The molecule has 4 rings (SSSR count). The number of halogens is 1. The van der Waals surface area contributed by atoms with Crippen molar-refractivity contribution in [2.75, 3.05) is 13.1 Å². The van der Waals surface area contributed by atoms with Crippen LogP contribution in [0.15, 0.2) is 42.5 Å². The van der Waals surface area contributed by atoms with Gasteiger partial charge < -0.3 is 14.9 Å². The Bertz CT molecular complexity index is 1090. The molecule has 0 aliphatic carbocycles. The minimum atomic E-state index is -1.14. The van der Waals surface area contributed by atoms with E-state index in [0.29, 0.717) is 28.9 Å². The highest BCUT2D eigenvalue weighted by molar-refractivity contribution is 5.91. The predicted octanol–water partition coefficient (Wildman–Crippen LogP) is 4.13. The number of carboxylic acid groups (broad SMARTS) is 1. The quantitative estimate of drug-likeness (QED) is 0.658. The highest BCUT2D eigenvalue weighted by Gasteiger charge is 2.22. The maximum Gasteiger partial charge on any atom is 0.339 e. The van der Waals surface area contributed by atoms with Gasteiger partial charge in [-0.05, 0) is 49.6 Å². The minimum absolute atomic E-state index is 0.0175. The van der Waals surface area contributed by atoms with E-state index < -0.39 is 5.97 Å². The molecule has 0 radical (unpaired) electrons. The molecule has 0 amide bonds. The van der Waals surface area contributed by atoms with Crippen LogP contribution in [0.25, 0.3) is 10.9 Å². The summed E-state index contributed by atoms with van der Waals surface area (Å²) < 4.78 is 20.3. The molecule has 1 saturated heterocycles. The summed E-state index contributed by atoms with van der Waals surface area (Å²) in [6.45, 7) is 4.02. The van der Waals surface area contributed by atoms with Gasteiger partial charge in [-0.2, -0.15) is 0 Å². The zero-order valence-electron chi connectivity index (χ0n) is 16.6. The minimum Gasteiger partial charge on any atom is -0.507 e. The number of rotatable bonds is 5. The monoisotopic (exact) mass is 410 g/mol. The van der Waals surface area contributed by atoms with Crippen molar-refractivity contribution < 1.29 is 24.1 Å². The van der Waals surface area contributed by atoms with Crippen molar-refractivity contribution >= 4 is 16.9 Å². The number of carbonyl (C=O) groups is 1. The second-order valence-corrected chi connectivity index (χ2v) is 7.65. The number of hydrogen-bond donors (Lipinski definition) is 2. The maximum atomic E-state index is 14.1. The van der Waals surface area contributed by atoms with Gasteiger partial charge in [-0.15, -0.1) is 0 Å². The number of ether oxygens (including phenoxy) is 1. The number of para-hydroxylation sites is 1. The van der Waals surface area contributed by atoms with E-state index in [-0.39, 0.29) is 23.2 Å². The summed E-state index contributed by atoms with van der Waals surface area (Å²) in [6.07, 6.45) is 1.63. The molecule has 0 atom stereocenters. The molecular weight excluding hydrogens is 387 g/mol. The number of aromatic carboxylic acids is 1. The summed E-state index contributed by atoms with van der Waals surface area (Å²) in [6, 6.07) is 11.4. The molecule has 1 aromatic heterocycles. The Kier molecular flexibility index (Phi) is 5.55. The topological polar surface area (TPSA) is 82.9 Å². The van der Waals surface area contributed by atoms with Gasteiger partial charge in [-0.3, -0.25) is 4.90 Å². The normalized spacial score (nSPS) is 15.4. The number of fused-ring (bicyclic) bond motifs is 1. The number of aryl methyl sites for hydroxylation is 1. The van der Waals surface area contributed by atoms with Crippen molar-refractivity contribution in [1.82, 2.24) is 9.88 Å². The van der Waals surface area contributed by atoms with E-state index in [2.05, 4.69) is 9.88 Å². The number of piperidine rings is 1. The molecule has 2 aromatic carbocycles. The van der Waals surface area contributed by atoms with E-state index in [1.165, 1.54) is 18.2 Å². The van der Waals surface area contributed by atoms with Crippen molar-refractivity contribution in [3.05, 3.63) is 65.1 Å². The van der Waals surface area contributed by atoms with Crippen molar-refractivity contribution in [2.24, 2.45) is 0 Å². The molecule has 7 heteroatoms. The second kappa shape index (κ2) is 8.28. The Morgan fingerprint density at radius 3 is 2.73 bits per heavy atom. The standard InChI is InChI=1S/C23H23FN2O4/c1-14-11-21(17-3-2-4-19(24)22(17)25-14)30-16-7-9-26(10-8-16)13-15-5-6-20(27)18(12-15)23(28)29/h2-6,11-12,16,27H,7-10,13H2,1H3,(H,28,29). The van der Waals surface area contributed by atoms with Crippen LogP contribution in [0.1, 0.15) is 34.5 Å². The van der Waals surface area contributed by atoms with Gasteiger partial charge >= 0.3 is 5.97 Å². The zero-order chi connectivity index (χ0) is 21.3. The summed E-state index contributed by atoms with van der Waals surface area (Å²) >= 11 is 0. The molecular formula is C23H23FN2O4. The van der Waals surface area contributed by atoms with E-state index >= 15 is 0 Å². The summed E-state index contributed by atoms with van der Waals surface area (Å²) in [5.41, 5.74) is 1.79. The van der Waals surface area contributed by atoms with Crippen LogP contribution >= 0.6 is 0 Å². The average molecular weight is 410 g/mol. The summed E-state index contributed by atoms with van der Waals surface area (Å²) in [7, 11) is 0. The van der Waals surface area contributed by atoms with Crippen LogP contribution in [0, 0.1) is 12.7 Å². The van der Waals surface area contributed by atoms with Gasteiger partial charge in [-0.25, -0.2) is 14.2 Å². The highest BCUT2D eigenvalue weighted by atomic mass is 19.1. The summed E-state index contributed by atoms with van der Waals surface area (Å²) in [4.78, 5) is 17.7. The molecule has 0 saturated carbocycles. The molecule has 0 bridgehead atoms. The van der Waals surface area contributed by atoms with E-state index in [0.717, 1.165) is 31.5 Å². The average Bonchev–Trinajstić information content (AvgIpc) is 2.71. The van der Waals surface area contributed by atoms with E-state index in [9.17, 15) is 14.3 Å². The Morgan fingerprint density at radius 1 is 1.23 bits per heavy atom. The number of pyridine rings is 1. The van der Waals surface area contributed by atoms with Crippen molar-refractivity contribution in [3.8, 4) is 11.5 Å². The van der Waals surface area contributed by atoms with Crippen LogP contribution < -0.4 is 4.74 Å². The number of benzene rings is 2. The third-order valence-corrected chi connectivity index (χ3v) is 5.41. The summed E-state index contributed by atoms with van der Waals surface area (Å²) in [5, 5.41) is 19.5. The van der Waals surface area contributed by atoms with Crippen LogP contribution in [0.4, 0.5) is 4.39 Å². The van der Waals surface area contributed by atoms with Gasteiger partial charge in [0, 0.05) is 36.8 Å². The van der Waals surface area contributed by atoms with E-state index in [1.807, 2.05) is 19.1 Å². The number of nitrogens with zero attached hydrogens (tertiary/aromatic N) is 2. The first-order valence-corrected chi connectivity index (χ1v) is 9.91. The van der Waals surface area contributed by atoms with Gasteiger partial charge in [0.25, 0.3) is 0 Å². The van der Waals surface area contributed by atoms with Crippen LogP contribution in [0.2, 0.25) is 0 Å². The number of carboxylic acids is 1. The SMILES string of the molecule is Cc1cc(OC2CCN(Cc3ccc(O)c(C(=O)O)c3)CC2)c2cccc(F)c2n1. The number of hydrogen-bond acceptors (Lipinski definition) is 5. The van der Waals surface area contributed by atoms with E-state index in [4.69, 9.17) is 9.84 Å². The van der Waals surface area contributed by atoms with Gasteiger partial charge in [-0.1, -0.05) is 12.1 Å². The van der Waals surface area contributed by atoms with Crippen LogP contribution in [0.5, 0.6) is 11.5 Å². The molecule has 1 aliphatic heterocycles. The lowest BCUT2D eigenvalue weighted by Gasteiger charge is -2.32. The first kappa shape index (κ1) is 20.1. The number of aromatic nitrogens is 1. The smallest absolute Gasteiger partial charge is 0.339 e. The van der Waals surface area contributed by atoms with Gasteiger partial charge in [0.15, 0.2) is 0 Å². The van der Waals surface area contributed by atoms with Crippen LogP contribution in [0.3, 0.4) is 0 Å². The second-order valence-electron chi connectivity index (χ2n) is 7.65. The van der Waals surface area contributed by atoms with Gasteiger partial charge in [0.05, 0.1) is 0 Å². The largest absolute Gasteiger partial charge is 0.507 e. The lowest BCUT2D eigenvalue weighted by Crippen LogP contribution is -2.37. The van der Waals surface area contributed by atoms with E-state index in [1.54, 1.807) is 12.1 Å². The maximum absolute atomic E-state index is 14.1. The molecule has 3 aromatic rings. The fourth-order valence-corrected chi connectivity index (χ4v) is 3.88. The third kappa shape index (κ3) is 4.21. The van der Waals surface area contributed by atoms with Crippen molar-refractivity contribution in [3.63, 3.8) is 0 Å². The molecule has 2 N–H and O–H groups in total. The third-order valence-electron chi connectivity index (χ3n) is 5.41. The predicted molar refractivity (Wildman–Crippen MR) is 110 cm³/mol. The fourth-order valence-electron chi connectivity index (χ4n) is 3.88. The molecule has 30 heavy (non-hydrogen) atoms. The van der Waals surface area contributed by atoms with Gasteiger partial charge in [0.1, 0.15) is 34.5 Å². The highest BCUT2D eigenvalue weighted by Crippen LogP contribution is 2.30. The summed E-state index contributed by atoms with van der Waals surface area (Å²) in [5.74, 6) is -1.07. The van der Waals surface area contributed by atoms with Gasteiger partial charge in [0.2, 0.25) is 0 Å². The molecule has 1 aliphatic rings. The molecule has 0 unspecified atom stereocenters. The first-order valence-electron chi connectivity index (χ1n) is 9.91. The molecule has 1 fully saturated rings. The number of phenols is 1. The van der Waals surface area contributed by atoms with Crippen molar-refractivity contribution in [2.45, 2.75) is 32.4 Å². The number of likely N-dealkylation sites (tertiary alicyclic amines) is 1. The lowest BCUT2D eigenvalue weighted by molar-refractivity contribution is 0.0693. The Balaban J connectivity index is 1.41. The number of aromatic hydroxyl groups is 1. The molecule has 2 heterocycles. The first-order chi connectivity index (χ1) is 14.4. The fraction of sp³-hybridized carbons (Fsp3) is 0.304. The molecule has 156 valence electrons. The van der Waals surface area contributed by atoms with Crippen LogP contribution in [-0.4, -0.2) is 45.3 Å². The Hall–Kier alpha value is -3.19.